The average molecular weight is 406 g/mol. The SMILES string of the molecule is CC/C=C(/C(C)=C(\C=N)OCc1ccc(OCCOCCO)nc1)N(C)C(C)C. The first kappa shape index (κ1) is 24.7. The number of ether oxygens (including phenoxy) is 3. The zero-order valence-electron chi connectivity index (χ0n) is 18.3. The van der Waals surface area contributed by atoms with Crippen molar-refractivity contribution in [2.45, 2.75) is 46.8 Å². The second-order valence-corrected chi connectivity index (χ2v) is 6.81. The van der Waals surface area contributed by atoms with Gasteiger partial charge in [-0.1, -0.05) is 13.0 Å². The molecule has 0 aromatic carbocycles. The first-order valence-electron chi connectivity index (χ1n) is 9.98. The first-order chi connectivity index (χ1) is 13.9. The minimum absolute atomic E-state index is 0.00207. The molecule has 7 nitrogen and oxygen atoms in total. The van der Waals surface area contributed by atoms with Crippen LogP contribution >= 0.6 is 0 Å². The second kappa shape index (κ2) is 13.7. The Hall–Kier alpha value is -2.38. The third kappa shape index (κ3) is 8.66. The Bertz CT molecular complexity index is 669. The van der Waals surface area contributed by atoms with Gasteiger partial charge in [0.05, 0.1) is 26.0 Å². The predicted octanol–water partition coefficient (Wildman–Crippen LogP) is 3.54. The van der Waals surface area contributed by atoms with Crippen molar-refractivity contribution >= 4 is 6.21 Å². The molecule has 1 aromatic heterocycles. The molecule has 0 aliphatic heterocycles. The second-order valence-electron chi connectivity index (χ2n) is 6.81. The standard InChI is InChI=1S/C22H35N3O4/c1-6-7-20(25(5)17(2)3)18(4)21(14-23)29-16-19-8-9-22(24-15-19)28-13-12-27-11-10-26/h7-9,14-15,17,23,26H,6,10-13,16H2,1-5H3/b20-7-,21-18+,23-14?. The summed E-state index contributed by atoms with van der Waals surface area (Å²) in [6, 6.07) is 4.01. The van der Waals surface area contributed by atoms with Crippen molar-refractivity contribution in [1.29, 1.82) is 5.41 Å². The van der Waals surface area contributed by atoms with E-state index in [0.29, 0.717) is 44.1 Å². The Morgan fingerprint density at radius 1 is 1.28 bits per heavy atom. The molecular weight excluding hydrogens is 370 g/mol. The van der Waals surface area contributed by atoms with Gasteiger partial charge in [-0.25, -0.2) is 4.98 Å². The van der Waals surface area contributed by atoms with Crippen LogP contribution in [0.25, 0.3) is 0 Å². The minimum Gasteiger partial charge on any atom is -0.487 e. The zero-order valence-corrected chi connectivity index (χ0v) is 18.3. The largest absolute Gasteiger partial charge is 0.487 e. The highest BCUT2D eigenvalue weighted by Gasteiger charge is 2.14. The zero-order chi connectivity index (χ0) is 21.6. The van der Waals surface area contributed by atoms with Gasteiger partial charge in [0, 0.05) is 42.2 Å². The molecule has 2 N–H and O–H groups in total. The van der Waals surface area contributed by atoms with E-state index in [1.165, 1.54) is 6.21 Å². The number of rotatable bonds is 14. The van der Waals surface area contributed by atoms with Gasteiger partial charge in [0.1, 0.15) is 19.0 Å². The predicted molar refractivity (Wildman–Crippen MR) is 115 cm³/mol. The number of nitrogens with one attached hydrogen (secondary N) is 1. The lowest BCUT2D eigenvalue weighted by molar-refractivity contribution is 0.0695. The van der Waals surface area contributed by atoms with Crippen LogP contribution in [0.4, 0.5) is 0 Å². The molecule has 1 aromatic rings. The van der Waals surface area contributed by atoms with Crippen LogP contribution in [-0.4, -0.2) is 60.7 Å². The monoisotopic (exact) mass is 405 g/mol. The third-order valence-electron chi connectivity index (χ3n) is 4.34. The molecule has 0 atom stereocenters. The van der Waals surface area contributed by atoms with Crippen LogP contribution in [0, 0.1) is 5.41 Å². The van der Waals surface area contributed by atoms with Crippen molar-refractivity contribution < 1.29 is 19.3 Å². The Balaban J connectivity index is 2.72. The highest BCUT2D eigenvalue weighted by Crippen LogP contribution is 2.21. The van der Waals surface area contributed by atoms with E-state index in [4.69, 9.17) is 24.7 Å². The fraction of sp³-hybridized carbons (Fsp3) is 0.545. The highest BCUT2D eigenvalue weighted by molar-refractivity contribution is 5.75. The number of hydrogen-bond donors (Lipinski definition) is 2. The maximum atomic E-state index is 8.65. The minimum atomic E-state index is 0.00207. The lowest BCUT2D eigenvalue weighted by Gasteiger charge is -2.28. The van der Waals surface area contributed by atoms with Gasteiger partial charge in [0.2, 0.25) is 5.88 Å². The molecule has 0 fully saturated rings. The fourth-order valence-corrected chi connectivity index (χ4v) is 2.53. The Labute approximate surface area is 174 Å². The lowest BCUT2D eigenvalue weighted by atomic mass is 10.1. The molecule has 0 aliphatic rings. The number of likely N-dealkylation sites (N-methyl/N-ethyl adjacent to an activating group) is 1. The molecule has 1 rings (SSSR count). The number of pyridine rings is 1. The molecule has 29 heavy (non-hydrogen) atoms. The van der Waals surface area contributed by atoms with E-state index in [-0.39, 0.29) is 6.61 Å². The summed E-state index contributed by atoms with van der Waals surface area (Å²) in [5, 5.41) is 16.4. The number of hydrogen-bond acceptors (Lipinski definition) is 7. The van der Waals surface area contributed by atoms with Crippen molar-refractivity contribution in [3.05, 3.63) is 47.0 Å². The molecule has 0 saturated heterocycles. The van der Waals surface area contributed by atoms with E-state index in [0.717, 1.165) is 23.3 Å². The maximum Gasteiger partial charge on any atom is 0.213 e. The van der Waals surface area contributed by atoms with Gasteiger partial charge < -0.3 is 29.6 Å². The van der Waals surface area contributed by atoms with Gasteiger partial charge in [-0.05, 0) is 33.3 Å². The molecule has 0 radical (unpaired) electrons. The molecular formula is C22H35N3O4. The molecule has 0 unspecified atom stereocenters. The number of aliphatic hydroxyl groups excluding tert-OH is 1. The van der Waals surface area contributed by atoms with Crippen LogP contribution in [0.3, 0.4) is 0 Å². The number of aliphatic hydroxyl groups is 1. The molecule has 1 heterocycles. The van der Waals surface area contributed by atoms with Crippen LogP contribution < -0.4 is 4.74 Å². The van der Waals surface area contributed by atoms with Crippen molar-refractivity contribution in [3.63, 3.8) is 0 Å². The van der Waals surface area contributed by atoms with Crippen LogP contribution in [0.1, 0.15) is 39.7 Å². The van der Waals surface area contributed by atoms with E-state index in [9.17, 15) is 0 Å². The van der Waals surface area contributed by atoms with Gasteiger partial charge in [0.15, 0.2) is 0 Å². The van der Waals surface area contributed by atoms with E-state index in [2.05, 4.69) is 43.8 Å². The summed E-state index contributed by atoms with van der Waals surface area (Å²) in [6.07, 6.45) is 6.01. The highest BCUT2D eigenvalue weighted by atomic mass is 16.5. The molecule has 0 saturated carbocycles. The quantitative estimate of drug-likeness (QED) is 0.213. The van der Waals surface area contributed by atoms with E-state index >= 15 is 0 Å². The number of allylic oxidation sites excluding steroid dienone is 3. The van der Waals surface area contributed by atoms with E-state index in [1.54, 1.807) is 12.3 Å². The summed E-state index contributed by atoms with van der Waals surface area (Å²) in [7, 11) is 2.05. The summed E-state index contributed by atoms with van der Waals surface area (Å²) in [5.74, 6) is 1.05. The molecule has 162 valence electrons. The van der Waals surface area contributed by atoms with Crippen LogP contribution in [0.15, 0.2) is 41.4 Å². The molecule has 0 aliphatic carbocycles. The van der Waals surface area contributed by atoms with Crippen molar-refractivity contribution in [3.8, 4) is 5.88 Å². The summed E-state index contributed by atoms with van der Waals surface area (Å²) >= 11 is 0. The van der Waals surface area contributed by atoms with Crippen molar-refractivity contribution in [1.82, 2.24) is 9.88 Å². The third-order valence-corrected chi connectivity index (χ3v) is 4.34. The molecule has 0 amide bonds. The topological polar surface area (TPSA) is 87.9 Å². The summed E-state index contributed by atoms with van der Waals surface area (Å²) in [6.45, 7) is 9.75. The van der Waals surface area contributed by atoms with Crippen LogP contribution in [0.2, 0.25) is 0 Å². The van der Waals surface area contributed by atoms with Crippen molar-refractivity contribution in [2.75, 3.05) is 33.5 Å². The van der Waals surface area contributed by atoms with Gasteiger partial charge >= 0.3 is 0 Å². The average Bonchev–Trinajstić information content (AvgIpc) is 2.72. The van der Waals surface area contributed by atoms with Gasteiger partial charge in [-0.2, -0.15) is 0 Å². The van der Waals surface area contributed by atoms with Crippen LogP contribution in [0.5, 0.6) is 5.88 Å². The summed E-state index contributed by atoms with van der Waals surface area (Å²) in [5.41, 5.74) is 2.90. The lowest BCUT2D eigenvalue weighted by Crippen LogP contribution is -2.27. The summed E-state index contributed by atoms with van der Waals surface area (Å²) < 4.78 is 16.5. The Morgan fingerprint density at radius 2 is 2.03 bits per heavy atom. The fourth-order valence-electron chi connectivity index (χ4n) is 2.53. The Morgan fingerprint density at radius 3 is 2.59 bits per heavy atom. The molecule has 0 spiro atoms. The number of aromatic nitrogens is 1. The van der Waals surface area contributed by atoms with Crippen LogP contribution in [-0.2, 0) is 16.1 Å². The Kier molecular flexibility index (Phi) is 11.7. The normalized spacial score (nSPS) is 12.6. The molecule has 7 heteroatoms. The summed E-state index contributed by atoms with van der Waals surface area (Å²) in [4.78, 5) is 6.45. The maximum absolute atomic E-state index is 8.65. The van der Waals surface area contributed by atoms with Gasteiger partial charge in [-0.3, -0.25) is 0 Å². The smallest absolute Gasteiger partial charge is 0.213 e. The number of nitrogens with zero attached hydrogens (tertiary/aromatic N) is 2. The van der Waals surface area contributed by atoms with E-state index < -0.39 is 0 Å². The van der Waals surface area contributed by atoms with Crippen molar-refractivity contribution in [2.24, 2.45) is 0 Å². The first-order valence-corrected chi connectivity index (χ1v) is 9.98. The van der Waals surface area contributed by atoms with Gasteiger partial charge in [0.25, 0.3) is 0 Å². The van der Waals surface area contributed by atoms with Gasteiger partial charge in [-0.15, -0.1) is 0 Å². The molecule has 0 bridgehead atoms. The van der Waals surface area contributed by atoms with E-state index in [1.807, 2.05) is 13.0 Å².